The summed E-state index contributed by atoms with van der Waals surface area (Å²) in [5.41, 5.74) is 0.815. The van der Waals surface area contributed by atoms with Crippen LogP contribution in [0.15, 0.2) is 30.6 Å². The molecular formula is C53H80N6O35. The van der Waals surface area contributed by atoms with Crippen molar-refractivity contribution in [2.45, 2.75) is 211 Å². The zero-order valence-corrected chi connectivity index (χ0v) is 49.5. The maximum Gasteiger partial charge on any atom is 0.186 e. The minimum Gasteiger partial charge on any atom is -0.487 e. The van der Waals surface area contributed by atoms with Crippen molar-refractivity contribution in [3.05, 3.63) is 47.5 Å². The van der Waals surface area contributed by atoms with Crippen molar-refractivity contribution in [1.29, 1.82) is 0 Å². The molecule has 41 heteroatoms. The molecule has 30 atom stereocenters. The van der Waals surface area contributed by atoms with Gasteiger partial charge in [-0.3, -0.25) is 4.79 Å². The monoisotopic (exact) mass is 1360 g/mol. The normalized spacial score (nSPS) is 41.3. The smallest absolute Gasteiger partial charge is 0.186 e. The highest BCUT2D eigenvalue weighted by molar-refractivity contribution is 5.76. The van der Waals surface area contributed by atoms with Crippen LogP contribution in [0, 0.1) is 0 Å². The average molecular weight is 1360 g/mol. The molecule has 3 aromatic rings. The van der Waals surface area contributed by atoms with Gasteiger partial charge in [-0.25, -0.2) is 9.36 Å². The third-order valence-corrected chi connectivity index (χ3v) is 16.3. The molecule has 94 heavy (non-hydrogen) atoms. The van der Waals surface area contributed by atoms with E-state index in [0.29, 0.717) is 17.7 Å². The number of hydrogen-bond acceptors (Lipinski definition) is 39. The Labute approximate surface area is 530 Å². The fourth-order valence-electron chi connectivity index (χ4n) is 10.6. The average Bonchev–Trinajstić information content (AvgIpc) is 0.942. The third kappa shape index (κ3) is 17.5. The highest BCUT2D eigenvalue weighted by atomic mass is 16.8. The van der Waals surface area contributed by atoms with Crippen molar-refractivity contribution in [1.82, 2.24) is 30.0 Å². The largest absolute Gasteiger partial charge is 0.487 e. The van der Waals surface area contributed by atoms with Gasteiger partial charge in [-0.2, -0.15) is 0 Å². The molecule has 20 N–H and O–H groups in total. The van der Waals surface area contributed by atoms with Gasteiger partial charge in [0.1, 0.15) is 189 Å². The number of benzene rings is 1. The summed E-state index contributed by atoms with van der Waals surface area (Å²) in [7, 11) is 0. The summed E-state index contributed by atoms with van der Waals surface area (Å²) < 4.78 is 81.0. The first-order chi connectivity index (χ1) is 44.9. The molecule has 6 saturated heterocycles. The zero-order valence-electron chi connectivity index (χ0n) is 49.5. The summed E-state index contributed by atoms with van der Waals surface area (Å²) in [5.74, 6) is 0.396. The highest BCUT2D eigenvalue weighted by Gasteiger charge is 2.52. The van der Waals surface area contributed by atoms with Crippen LogP contribution in [0.5, 0.6) is 11.5 Å². The lowest BCUT2D eigenvalue weighted by atomic mass is 9.98. The standard InChI is InChI=1S/C53H80N6O35/c60-10-19-5-22(83-13-20-8-58(56-54-20)1-3-81-48-42(75)38(71)32(65)26(91-48)15-87-52-46(79)40(73)34(67)28(93-52)17-85-50-44(77)36(69)30(63)24(11-61)89-50)7-23(6-19)84-14-21-9-59(57-55-21)2-4-82-49-43(76)39(72)33(66)27(92-49)16-88-53-47(80)41(74)35(68)29(94-53)18-86-51-45(78)37(70)31(64)25(12-62)90-51/h5-10,24-53,61-80H,1-4,11-18H2/t24-,25-,26-,27-,28-,29-,30-,31-,32-,33-,34-,35-,36+,37+,38+,39+,40+,41+,42-,43-,44-,45-,46-,47-,48-,49-,50-,51-,52-,53-/m1/s1. The second-order valence-electron chi connectivity index (χ2n) is 22.9. The zero-order chi connectivity index (χ0) is 67.8. The molecule has 0 unspecified atom stereocenters. The van der Waals surface area contributed by atoms with Crippen molar-refractivity contribution < 1.29 is 173 Å². The van der Waals surface area contributed by atoms with E-state index in [1.165, 1.54) is 40.0 Å². The van der Waals surface area contributed by atoms with Crippen LogP contribution in [0.25, 0.3) is 0 Å². The molecule has 2 aromatic heterocycles. The molecule has 0 amide bonds. The molecule has 0 spiro atoms. The Morgan fingerprint density at radius 2 is 0.628 bits per heavy atom. The number of aldehydes is 1. The van der Waals surface area contributed by atoms with Gasteiger partial charge in [0.2, 0.25) is 0 Å². The van der Waals surface area contributed by atoms with Gasteiger partial charge in [0.15, 0.2) is 37.7 Å². The van der Waals surface area contributed by atoms with Crippen LogP contribution in [0.2, 0.25) is 0 Å². The summed E-state index contributed by atoms with van der Waals surface area (Å²) in [5, 5.41) is 224. The van der Waals surface area contributed by atoms with Crippen molar-refractivity contribution in [3.8, 4) is 11.5 Å². The van der Waals surface area contributed by atoms with Crippen molar-refractivity contribution >= 4 is 6.29 Å². The maximum absolute atomic E-state index is 11.9. The van der Waals surface area contributed by atoms with Crippen LogP contribution in [-0.4, -0.2) is 375 Å². The van der Waals surface area contributed by atoms with Crippen LogP contribution < -0.4 is 9.47 Å². The van der Waals surface area contributed by atoms with Crippen LogP contribution in [-0.2, 0) is 83.1 Å². The second-order valence-corrected chi connectivity index (χ2v) is 22.9. The van der Waals surface area contributed by atoms with E-state index in [1.807, 2.05) is 0 Å². The number of carbonyl (C=O) groups is 1. The first kappa shape index (κ1) is 73.7. The first-order valence-electron chi connectivity index (χ1n) is 29.6. The van der Waals surface area contributed by atoms with Crippen molar-refractivity contribution in [3.63, 3.8) is 0 Å². The van der Waals surface area contributed by atoms with E-state index in [4.69, 9.17) is 66.3 Å². The molecule has 6 fully saturated rings. The first-order valence-corrected chi connectivity index (χ1v) is 29.6. The van der Waals surface area contributed by atoms with Crippen LogP contribution in [0.1, 0.15) is 21.7 Å². The lowest BCUT2D eigenvalue weighted by Gasteiger charge is -2.43. The minimum absolute atomic E-state index is 0.00486. The number of rotatable bonds is 29. The Balaban J connectivity index is 0.687. The molecule has 1 aromatic carbocycles. The van der Waals surface area contributed by atoms with Gasteiger partial charge in [-0.15, -0.1) is 10.2 Å². The van der Waals surface area contributed by atoms with Gasteiger partial charge >= 0.3 is 0 Å². The summed E-state index contributed by atoms with van der Waals surface area (Å²) in [6.07, 6.45) is -47.1. The predicted octanol–water partition coefficient (Wildman–Crippen LogP) is -13.2. The number of aliphatic hydroxyl groups is 20. The van der Waals surface area contributed by atoms with E-state index < -0.39 is 224 Å². The number of ether oxygens (including phenoxy) is 14. The SMILES string of the molecule is O=Cc1cc(OCc2cn(CCO[C@@H]3O[C@H](CO[C@@H]4O[C@H](CO[C@@H]5O[C@H](CO)[C@@H](O)[C@H](O)[C@H]5O)[C@@H](O)[C@H](O)[C@H]4O)[C@@H](O)[C@H](O)[C@H]3O)nn2)cc(OCc2cn(CCO[C@@H]3O[C@H](CO[C@@H]4O[C@H](CO[C@@H]5O[C@H](CO)[C@@H](O)[C@H](O)[C@H]5O)[C@@H](O)[C@H](O)[C@H]4O)[C@@H](O)[C@H](O)[C@H]3O)nn2)c1. The van der Waals surface area contributed by atoms with Crippen LogP contribution in [0.4, 0.5) is 0 Å². The van der Waals surface area contributed by atoms with Crippen molar-refractivity contribution in [2.24, 2.45) is 0 Å². The topological polar surface area (TPSA) is 612 Å². The molecule has 0 radical (unpaired) electrons. The number of aliphatic hydroxyl groups excluding tert-OH is 20. The molecular weight excluding hydrogens is 1280 g/mol. The Kier molecular flexibility index (Phi) is 26.2. The molecule has 0 bridgehead atoms. The molecule has 9 rings (SSSR count). The van der Waals surface area contributed by atoms with E-state index in [9.17, 15) is 107 Å². The van der Waals surface area contributed by atoms with Crippen molar-refractivity contribution in [2.75, 3.05) is 52.9 Å². The fraction of sp³-hybridized carbons (Fsp3) is 0.792. The van der Waals surface area contributed by atoms with Gasteiger partial charge in [0.25, 0.3) is 0 Å². The van der Waals surface area contributed by atoms with Gasteiger partial charge in [0.05, 0.1) is 78.3 Å². The van der Waals surface area contributed by atoms with E-state index in [1.54, 1.807) is 0 Å². The number of nitrogens with zero attached hydrogens (tertiary/aromatic N) is 6. The number of hydrogen-bond donors (Lipinski definition) is 20. The summed E-state index contributed by atoms with van der Waals surface area (Å²) in [4.78, 5) is 11.9. The Morgan fingerprint density at radius 1 is 0.362 bits per heavy atom. The molecule has 0 aliphatic carbocycles. The van der Waals surface area contributed by atoms with Crippen LogP contribution >= 0.6 is 0 Å². The van der Waals surface area contributed by atoms with Gasteiger partial charge in [0, 0.05) is 11.6 Å². The number of aromatic nitrogens is 6. The highest BCUT2D eigenvalue weighted by Crippen LogP contribution is 2.32. The van der Waals surface area contributed by atoms with E-state index in [0.717, 1.165) is 0 Å². The van der Waals surface area contributed by atoms with E-state index in [2.05, 4.69) is 20.6 Å². The Bertz CT molecular complexity index is 2620. The van der Waals surface area contributed by atoms with Gasteiger partial charge in [-0.1, -0.05) is 10.4 Å². The minimum atomic E-state index is -1.89. The van der Waals surface area contributed by atoms with Gasteiger partial charge in [-0.05, 0) is 12.1 Å². The van der Waals surface area contributed by atoms with E-state index in [-0.39, 0.29) is 56.6 Å². The lowest BCUT2D eigenvalue weighted by Crippen LogP contribution is -2.62. The molecule has 41 nitrogen and oxygen atoms in total. The molecule has 0 saturated carbocycles. The Hall–Kier alpha value is -4.51. The lowest BCUT2D eigenvalue weighted by molar-refractivity contribution is -0.342. The fourth-order valence-corrected chi connectivity index (χ4v) is 10.6. The molecule has 532 valence electrons. The molecule has 6 aliphatic heterocycles. The Morgan fingerprint density at radius 3 is 0.904 bits per heavy atom. The van der Waals surface area contributed by atoms with Gasteiger partial charge < -0.3 is 168 Å². The quantitative estimate of drug-likeness (QED) is 0.0287. The summed E-state index contributed by atoms with van der Waals surface area (Å²) in [6, 6.07) is 4.37. The predicted molar refractivity (Wildman–Crippen MR) is 291 cm³/mol. The maximum atomic E-state index is 11.9. The summed E-state index contributed by atoms with van der Waals surface area (Å²) in [6.45, 7) is -4.78. The van der Waals surface area contributed by atoms with Crippen LogP contribution in [0.3, 0.4) is 0 Å². The summed E-state index contributed by atoms with van der Waals surface area (Å²) >= 11 is 0. The molecule has 8 heterocycles. The second kappa shape index (κ2) is 33.4. The number of carbonyl (C=O) groups excluding carboxylic acids is 1. The molecule has 6 aliphatic rings. The third-order valence-electron chi connectivity index (χ3n) is 16.3. The van der Waals surface area contributed by atoms with E-state index >= 15 is 0 Å².